The summed E-state index contributed by atoms with van der Waals surface area (Å²) in [7, 11) is 1.67. The highest BCUT2D eigenvalue weighted by atomic mass is 16.5. The molecule has 102 valence electrons. The van der Waals surface area contributed by atoms with Gasteiger partial charge in [-0.1, -0.05) is 25.4 Å². The Morgan fingerprint density at radius 3 is 3.00 bits per heavy atom. The van der Waals surface area contributed by atoms with Gasteiger partial charge in [0.2, 0.25) is 5.89 Å². The van der Waals surface area contributed by atoms with Gasteiger partial charge in [-0.15, -0.1) is 0 Å². The molecule has 1 aromatic rings. The van der Waals surface area contributed by atoms with E-state index >= 15 is 0 Å². The zero-order valence-corrected chi connectivity index (χ0v) is 11.5. The Bertz CT molecular complexity index is 376. The number of hydrogen-bond acceptors (Lipinski definition) is 5. The molecule has 0 aromatic carbocycles. The molecule has 5 nitrogen and oxygen atoms in total. The number of rotatable bonds is 6. The van der Waals surface area contributed by atoms with Crippen molar-refractivity contribution >= 4 is 0 Å². The molecule has 1 fully saturated rings. The molecule has 18 heavy (non-hydrogen) atoms. The van der Waals surface area contributed by atoms with Crippen molar-refractivity contribution in [2.24, 2.45) is 5.41 Å². The molecule has 0 spiro atoms. The summed E-state index contributed by atoms with van der Waals surface area (Å²) in [4.78, 5) is 4.34. The van der Waals surface area contributed by atoms with Crippen molar-refractivity contribution in [2.75, 3.05) is 13.7 Å². The number of ether oxygens (including phenoxy) is 1. The number of hydrogen-bond donors (Lipinski definition) is 1. The first kappa shape index (κ1) is 13.5. The van der Waals surface area contributed by atoms with E-state index in [0.717, 1.165) is 5.82 Å². The summed E-state index contributed by atoms with van der Waals surface area (Å²) >= 11 is 0. The highest BCUT2D eigenvalue weighted by molar-refractivity contribution is 4.92. The van der Waals surface area contributed by atoms with E-state index in [4.69, 9.17) is 9.26 Å². The lowest BCUT2D eigenvalue weighted by Gasteiger charge is -2.27. The van der Waals surface area contributed by atoms with Crippen molar-refractivity contribution in [3.05, 3.63) is 11.7 Å². The second kappa shape index (κ2) is 5.80. The second-order valence-corrected chi connectivity index (χ2v) is 5.66. The summed E-state index contributed by atoms with van der Waals surface area (Å²) in [5, 5.41) is 7.46. The Morgan fingerprint density at radius 1 is 1.50 bits per heavy atom. The Hall–Kier alpha value is -0.940. The minimum absolute atomic E-state index is 0.374. The van der Waals surface area contributed by atoms with Gasteiger partial charge in [0.05, 0.1) is 13.2 Å². The van der Waals surface area contributed by atoms with Crippen LogP contribution in [0.15, 0.2) is 4.52 Å². The minimum Gasteiger partial charge on any atom is -0.384 e. The van der Waals surface area contributed by atoms with Crippen LogP contribution in [0.3, 0.4) is 0 Å². The Balaban J connectivity index is 1.81. The van der Waals surface area contributed by atoms with E-state index < -0.39 is 0 Å². The van der Waals surface area contributed by atoms with Crippen molar-refractivity contribution in [2.45, 2.75) is 52.1 Å². The first-order valence-corrected chi connectivity index (χ1v) is 6.65. The molecule has 1 aliphatic rings. The quantitative estimate of drug-likeness (QED) is 0.839. The average Bonchev–Trinajstić information content (AvgIpc) is 2.90. The van der Waals surface area contributed by atoms with Crippen LogP contribution in [0.1, 0.15) is 44.8 Å². The average molecular weight is 253 g/mol. The topological polar surface area (TPSA) is 60.2 Å². The maximum absolute atomic E-state index is 5.21. The number of aromatic nitrogens is 2. The third-order valence-corrected chi connectivity index (χ3v) is 3.80. The standard InChI is InChI=1S/C13H23N3O2/c1-13(2)7-4-5-10(13)14-9-12-15-11(16-18-12)6-8-17-3/h10,14H,4-9H2,1-3H3/t10-/m0/s1. The van der Waals surface area contributed by atoms with Gasteiger partial charge in [0, 0.05) is 19.6 Å². The van der Waals surface area contributed by atoms with Gasteiger partial charge in [0.1, 0.15) is 0 Å². The molecule has 1 saturated carbocycles. The van der Waals surface area contributed by atoms with Crippen LogP contribution in [0.5, 0.6) is 0 Å². The SMILES string of the molecule is COCCc1noc(CN[C@H]2CCCC2(C)C)n1. The van der Waals surface area contributed by atoms with E-state index in [9.17, 15) is 0 Å². The Morgan fingerprint density at radius 2 is 2.33 bits per heavy atom. The van der Waals surface area contributed by atoms with Gasteiger partial charge in [0.15, 0.2) is 5.82 Å². The van der Waals surface area contributed by atoms with Crippen LogP contribution in [-0.4, -0.2) is 29.9 Å². The first-order valence-electron chi connectivity index (χ1n) is 6.65. The molecule has 1 N–H and O–H groups in total. The molecular formula is C13H23N3O2. The van der Waals surface area contributed by atoms with E-state index in [0.29, 0.717) is 36.9 Å². The summed E-state index contributed by atoms with van der Waals surface area (Å²) in [6, 6.07) is 0.548. The molecule has 0 unspecified atom stereocenters. The van der Waals surface area contributed by atoms with Crippen LogP contribution < -0.4 is 5.32 Å². The van der Waals surface area contributed by atoms with E-state index in [2.05, 4.69) is 29.3 Å². The molecular weight excluding hydrogens is 230 g/mol. The fourth-order valence-electron chi connectivity index (χ4n) is 2.57. The molecule has 1 aliphatic carbocycles. The molecule has 0 aliphatic heterocycles. The number of nitrogens with one attached hydrogen (secondary N) is 1. The Labute approximate surface area is 108 Å². The fraction of sp³-hybridized carbons (Fsp3) is 0.846. The molecule has 1 atom stereocenters. The van der Waals surface area contributed by atoms with Crippen molar-refractivity contribution < 1.29 is 9.26 Å². The van der Waals surface area contributed by atoms with Gasteiger partial charge >= 0.3 is 0 Å². The second-order valence-electron chi connectivity index (χ2n) is 5.66. The predicted octanol–water partition coefficient (Wildman–Crippen LogP) is 1.93. The summed E-state index contributed by atoms with van der Waals surface area (Å²) < 4.78 is 10.2. The Kier molecular flexibility index (Phi) is 4.35. The van der Waals surface area contributed by atoms with Gasteiger partial charge in [-0.2, -0.15) is 4.98 Å². The fourth-order valence-corrected chi connectivity index (χ4v) is 2.57. The van der Waals surface area contributed by atoms with Crippen LogP contribution in [0.4, 0.5) is 0 Å². The third kappa shape index (κ3) is 3.29. The summed E-state index contributed by atoms with van der Waals surface area (Å²) in [5.41, 5.74) is 0.374. The minimum atomic E-state index is 0.374. The van der Waals surface area contributed by atoms with Crippen molar-refractivity contribution in [1.82, 2.24) is 15.5 Å². The van der Waals surface area contributed by atoms with E-state index in [1.165, 1.54) is 19.3 Å². The molecule has 5 heteroatoms. The lowest BCUT2D eigenvalue weighted by atomic mass is 9.87. The summed E-state index contributed by atoms with van der Waals surface area (Å²) in [6.45, 7) is 5.92. The predicted molar refractivity (Wildman–Crippen MR) is 68.1 cm³/mol. The van der Waals surface area contributed by atoms with Crippen molar-refractivity contribution in [3.63, 3.8) is 0 Å². The summed E-state index contributed by atoms with van der Waals surface area (Å²) in [5.74, 6) is 1.39. The van der Waals surface area contributed by atoms with Gasteiger partial charge in [-0.3, -0.25) is 0 Å². The van der Waals surface area contributed by atoms with Crippen molar-refractivity contribution in [3.8, 4) is 0 Å². The normalized spacial score (nSPS) is 22.5. The van der Waals surface area contributed by atoms with Crippen LogP contribution in [0.2, 0.25) is 0 Å². The highest BCUT2D eigenvalue weighted by Gasteiger charge is 2.34. The van der Waals surface area contributed by atoms with Crippen molar-refractivity contribution in [1.29, 1.82) is 0 Å². The lowest BCUT2D eigenvalue weighted by Crippen LogP contribution is -2.37. The van der Waals surface area contributed by atoms with Crippen LogP contribution >= 0.6 is 0 Å². The maximum atomic E-state index is 5.21. The zero-order chi connectivity index (χ0) is 13.0. The monoisotopic (exact) mass is 253 g/mol. The molecule has 0 amide bonds. The molecule has 0 bridgehead atoms. The van der Waals surface area contributed by atoms with Gasteiger partial charge in [-0.05, 0) is 18.3 Å². The first-order chi connectivity index (χ1) is 8.62. The van der Waals surface area contributed by atoms with E-state index in [-0.39, 0.29) is 0 Å². The lowest BCUT2D eigenvalue weighted by molar-refractivity contribution is 0.199. The third-order valence-electron chi connectivity index (χ3n) is 3.80. The zero-order valence-electron chi connectivity index (χ0n) is 11.5. The number of nitrogens with zero attached hydrogens (tertiary/aromatic N) is 2. The molecule has 0 radical (unpaired) electrons. The van der Waals surface area contributed by atoms with E-state index in [1.807, 2.05) is 0 Å². The molecule has 0 saturated heterocycles. The van der Waals surface area contributed by atoms with Gasteiger partial charge < -0.3 is 14.6 Å². The molecule has 1 heterocycles. The van der Waals surface area contributed by atoms with Crippen LogP contribution in [0.25, 0.3) is 0 Å². The largest absolute Gasteiger partial charge is 0.384 e. The van der Waals surface area contributed by atoms with Gasteiger partial charge in [-0.25, -0.2) is 0 Å². The van der Waals surface area contributed by atoms with Gasteiger partial charge in [0.25, 0.3) is 0 Å². The molecule has 2 rings (SSSR count). The summed E-state index contributed by atoms with van der Waals surface area (Å²) in [6.07, 6.45) is 4.52. The smallest absolute Gasteiger partial charge is 0.240 e. The van der Waals surface area contributed by atoms with E-state index in [1.54, 1.807) is 7.11 Å². The van der Waals surface area contributed by atoms with Crippen LogP contribution in [0, 0.1) is 5.41 Å². The van der Waals surface area contributed by atoms with Crippen LogP contribution in [-0.2, 0) is 17.7 Å². The molecule has 1 aromatic heterocycles. The highest BCUT2D eigenvalue weighted by Crippen LogP contribution is 2.37. The maximum Gasteiger partial charge on any atom is 0.240 e. The number of methoxy groups -OCH3 is 1.